The van der Waals surface area contributed by atoms with Gasteiger partial charge in [0.25, 0.3) is 0 Å². The number of rotatable bonds is 5. The number of phenolic OH excluding ortho intramolecular Hbond substituents is 1. The van der Waals surface area contributed by atoms with Gasteiger partial charge in [-0.25, -0.2) is 4.39 Å². The lowest BCUT2D eigenvalue weighted by Crippen LogP contribution is -2.24. The fourth-order valence-corrected chi connectivity index (χ4v) is 2.45. The normalized spacial score (nSPS) is 10.4. The van der Waals surface area contributed by atoms with Gasteiger partial charge in [-0.05, 0) is 23.8 Å². The molecule has 1 aromatic heterocycles. The number of carbonyl (C=O) groups excluding carboxylic acids is 1. The molecule has 0 aliphatic rings. The van der Waals surface area contributed by atoms with Gasteiger partial charge in [0.2, 0.25) is 5.91 Å². The highest BCUT2D eigenvalue weighted by Gasteiger charge is 2.08. The molecule has 0 spiro atoms. The van der Waals surface area contributed by atoms with Crippen LogP contribution >= 0.6 is 0 Å². The van der Waals surface area contributed by atoms with Crippen LogP contribution < -0.4 is 5.32 Å². The lowest BCUT2D eigenvalue weighted by atomic mass is 10.1. The van der Waals surface area contributed by atoms with Crippen LogP contribution in [0.5, 0.6) is 5.75 Å². The quantitative estimate of drug-likeness (QED) is 0.750. The summed E-state index contributed by atoms with van der Waals surface area (Å²) in [4.78, 5) is 16.2. The van der Waals surface area contributed by atoms with Gasteiger partial charge in [0.05, 0.1) is 6.42 Å². The van der Waals surface area contributed by atoms with Crippen LogP contribution in [0.15, 0.2) is 66.9 Å². The molecule has 2 N–H and O–H groups in total. The number of phenols is 1. The zero-order valence-electron chi connectivity index (χ0n) is 13.4. The van der Waals surface area contributed by atoms with Crippen LogP contribution in [0, 0.1) is 5.82 Å². The van der Waals surface area contributed by atoms with Crippen LogP contribution in [-0.4, -0.2) is 16.0 Å². The average molecular weight is 336 g/mol. The highest BCUT2D eigenvalue weighted by molar-refractivity contribution is 5.78. The van der Waals surface area contributed by atoms with Crippen molar-refractivity contribution in [3.8, 4) is 16.9 Å². The first-order chi connectivity index (χ1) is 12.1. The van der Waals surface area contributed by atoms with Gasteiger partial charge < -0.3 is 10.4 Å². The predicted molar refractivity (Wildman–Crippen MR) is 93.3 cm³/mol. The molecule has 0 bridgehead atoms. The van der Waals surface area contributed by atoms with Crippen molar-refractivity contribution < 1.29 is 14.3 Å². The number of carbonyl (C=O) groups is 1. The van der Waals surface area contributed by atoms with Gasteiger partial charge in [-0.1, -0.05) is 36.4 Å². The largest absolute Gasteiger partial charge is 0.508 e. The summed E-state index contributed by atoms with van der Waals surface area (Å²) in [5, 5.41) is 12.1. The number of aromatic hydroxyl groups is 1. The molecule has 126 valence electrons. The highest BCUT2D eigenvalue weighted by atomic mass is 19.1. The minimum atomic E-state index is -0.518. The van der Waals surface area contributed by atoms with E-state index in [4.69, 9.17) is 0 Å². The van der Waals surface area contributed by atoms with Crippen LogP contribution in [0.25, 0.3) is 11.1 Å². The molecule has 0 saturated carbocycles. The molecular weight excluding hydrogens is 319 g/mol. The molecule has 3 rings (SSSR count). The van der Waals surface area contributed by atoms with Gasteiger partial charge in [-0.3, -0.25) is 9.78 Å². The number of amides is 1. The highest BCUT2D eigenvalue weighted by Crippen LogP contribution is 2.25. The summed E-state index contributed by atoms with van der Waals surface area (Å²) in [5.41, 5.74) is 2.58. The third-order valence-electron chi connectivity index (χ3n) is 3.76. The van der Waals surface area contributed by atoms with Crippen LogP contribution in [0.1, 0.15) is 11.3 Å². The Morgan fingerprint density at radius 2 is 1.88 bits per heavy atom. The first-order valence-electron chi connectivity index (χ1n) is 7.86. The lowest BCUT2D eigenvalue weighted by Gasteiger charge is -2.07. The first-order valence-corrected chi connectivity index (χ1v) is 7.86. The Kier molecular flexibility index (Phi) is 5.04. The van der Waals surface area contributed by atoms with E-state index < -0.39 is 5.82 Å². The molecule has 0 radical (unpaired) electrons. The zero-order chi connectivity index (χ0) is 17.6. The Morgan fingerprint density at radius 3 is 2.56 bits per heavy atom. The Balaban J connectivity index is 1.61. The summed E-state index contributed by atoms with van der Waals surface area (Å²) in [6, 6.07) is 17.0. The number of pyridine rings is 1. The fraction of sp³-hybridized carbons (Fsp3) is 0.100. The van der Waals surface area contributed by atoms with Crippen molar-refractivity contribution in [1.29, 1.82) is 0 Å². The number of nitrogens with zero attached hydrogens (tertiary/aromatic N) is 1. The maximum atomic E-state index is 13.9. The standard InChI is InChI=1S/C20H17FN2O2/c21-19-11-17(24)8-9-18(19)15-6-7-16(22-13-15)10-20(25)23-12-14-4-2-1-3-5-14/h1-9,11,13,24H,10,12H2,(H,23,25). The second-order valence-electron chi connectivity index (χ2n) is 5.64. The van der Waals surface area contributed by atoms with E-state index in [9.17, 15) is 14.3 Å². The molecule has 1 amide bonds. The Morgan fingerprint density at radius 1 is 1.08 bits per heavy atom. The lowest BCUT2D eigenvalue weighted by molar-refractivity contribution is -0.120. The summed E-state index contributed by atoms with van der Waals surface area (Å²) in [7, 11) is 0. The average Bonchev–Trinajstić information content (AvgIpc) is 2.62. The zero-order valence-corrected chi connectivity index (χ0v) is 13.4. The molecule has 4 nitrogen and oxygen atoms in total. The van der Waals surface area contributed by atoms with E-state index >= 15 is 0 Å². The van der Waals surface area contributed by atoms with E-state index in [1.807, 2.05) is 30.3 Å². The number of nitrogens with one attached hydrogen (secondary N) is 1. The van der Waals surface area contributed by atoms with Crippen molar-refractivity contribution in [3.05, 3.63) is 83.9 Å². The van der Waals surface area contributed by atoms with E-state index in [1.165, 1.54) is 18.3 Å². The Hall–Kier alpha value is -3.21. The van der Waals surface area contributed by atoms with Crippen LogP contribution in [0.4, 0.5) is 4.39 Å². The number of benzene rings is 2. The van der Waals surface area contributed by atoms with Crippen molar-refractivity contribution in [2.24, 2.45) is 0 Å². The number of halogens is 1. The van der Waals surface area contributed by atoms with Gasteiger partial charge in [0, 0.05) is 35.6 Å². The van der Waals surface area contributed by atoms with Gasteiger partial charge in [0.15, 0.2) is 0 Å². The summed E-state index contributed by atoms with van der Waals surface area (Å²) in [6.07, 6.45) is 1.68. The number of aromatic nitrogens is 1. The SMILES string of the molecule is O=C(Cc1ccc(-c2ccc(O)cc2F)cn1)NCc1ccccc1. The summed E-state index contributed by atoms with van der Waals surface area (Å²) in [6.45, 7) is 0.469. The van der Waals surface area contributed by atoms with Crippen LogP contribution in [0.3, 0.4) is 0 Å². The molecule has 0 aliphatic carbocycles. The topological polar surface area (TPSA) is 62.2 Å². The smallest absolute Gasteiger partial charge is 0.226 e. The Labute approximate surface area is 145 Å². The van der Waals surface area contributed by atoms with Crippen LogP contribution in [-0.2, 0) is 17.8 Å². The molecule has 5 heteroatoms. The second-order valence-corrected chi connectivity index (χ2v) is 5.64. The van der Waals surface area contributed by atoms with E-state index in [2.05, 4.69) is 10.3 Å². The molecule has 0 saturated heterocycles. The monoisotopic (exact) mass is 336 g/mol. The second kappa shape index (κ2) is 7.57. The fourth-order valence-electron chi connectivity index (χ4n) is 2.45. The molecule has 0 atom stereocenters. The van der Waals surface area contributed by atoms with E-state index in [1.54, 1.807) is 12.1 Å². The van der Waals surface area contributed by atoms with Crippen molar-refractivity contribution >= 4 is 5.91 Å². The summed E-state index contributed by atoms with van der Waals surface area (Å²) in [5.74, 6) is -0.768. The molecule has 0 unspecified atom stereocenters. The molecule has 25 heavy (non-hydrogen) atoms. The van der Waals surface area contributed by atoms with Crippen molar-refractivity contribution in [2.45, 2.75) is 13.0 Å². The van der Waals surface area contributed by atoms with E-state index in [-0.39, 0.29) is 18.1 Å². The maximum Gasteiger partial charge on any atom is 0.226 e. The molecular formula is C20H17FN2O2. The molecule has 3 aromatic rings. The molecule has 1 heterocycles. The van der Waals surface area contributed by atoms with Crippen molar-refractivity contribution in [2.75, 3.05) is 0 Å². The Bertz CT molecular complexity index is 865. The third-order valence-corrected chi connectivity index (χ3v) is 3.76. The predicted octanol–water partition coefficient (Wildman–Crippen LogP) is 3.45. The van der Waals surface area contributed by atoms with Crippen molar-refractivity contribution in [3.63, 3.8) is 0 Å². The van der Waals surface area contributed by atoms with E-state index in [0.29, 0.717) is 23.4 Å². The number of hydrogen-bond acceptors (Lipinski definition) is 3. The van der Waals surface area contributed by atoms with E-state index in [0.717, 1.165) is 11.6 Å². The van der Waals surface area contributed by atoms with Gasteiger partial charge in [0.1, 0.15) is 11.6 Å². The first kappa shape index (κ1) is 16.6. The maximum absolute atomic E-state index is 13.9. The minimum Gasteiger partial charge on any atom is -0.508 e. The third kappa shape index (κ3) is 4.41. The molecule has 0 aliphatic heterocycles. The van der Waals surface area contributed by atoms with Gasteiger partial charge >= 0.3 is 0 Å². The van der Waals surface area contributed by atoms with Crippen LogP contribution in [0.2, 0.25) is 0 Å². The number of hydrogen-bond donors (Lipinski definition) is 2. The van der Waals surface area contributed by atoms with Crippen molar-refractivity contribution in [1.82, 2.24) is 10.3 Å². The summed E-state index contributed by atoms with van der Waals surface area (Å²) >= 11 is 0. The molecule has 2 aromatic carbocycles. The van der Waals surface area contributed by atoms with Gasteiger partial charge in [-0.15, -0.1) is 0 Å². The van der Waals surface area contributed by atoms with Gasteiger partial charge in [-0.2, -0.15) is 0 Å². The minimum absolute atomic E-state index is 0.124. The molecule has 0 fully saturated rings. The summed E-state index contributed by atoms with van der Waals surface area (Å²) < 4.78 is 13.9.